The number of hydrogen-bond donors (Lipinski definition) is 0. The second kappa shape index (κ2) is 7.12. The Morgan fingerprint density at radius 2 is 1.88 bits per heavy atom. The highest BCUT2D eigenvalue weighted by Gasteiger charge is 2.38. The zero-order valence-electron chi connectivity index (χ0n) is 14.4. The van der Waals surface area contributed by atoms with Crippen LogP contribution >= 0.6 is 11.6 Å². The fourth-order valence-corrected chi connectivity index (χ4v) is 3.52. The van der Waals surface area contributed by atoms with Crippen LogP contribution in [0, 0.1) is 11.8 Å². The van der Waals surface area contributed by atoms with Crippen molar-refractivity contribution in [3.05, 3.63) is 53.6 Å². The number of ether oxygens (including phenoxy) is 1. The van der Waals surface area contributed by atoms with Crippen molar-refractivity contribution in [1.82, 2.24) is 4.90 Å². The van der Waals surface area contributed by atoms with E-state index in [-0.39, 0.29) is 18.3 Å². The summed E-state index contributed by atoms with van der Waals surface area (Å²) in [5.74, 6) is 0.208. The van der Waals surface area contributed by atoms with Crippen LogP contribution in [0.4, 0.5) is 0 Å². The lowest BCUT2D eigenvalue weighted by Crippen LogP contribution is -2.29. The first kappa shape index (κ1) is 17.1. The Kier molecular flexibility index (Phi) is 4.68. The quantitative estimate of drug-likeness (QED) is 0.587. The first-order valence-electron chi connectivity index (χ1n) is 8.94. The van der Waals surface area contributed by atoms with Gasteiger partial charge in [-0.2, -0.15) is 0 Å². The number of amides is 1. The van der Waals surface area contributed by atoms with Gasteiger partial charge in [-0.3, -0.25) is 9.59 Å². The average Bonchev–Trinajstić information content (AvgIpc) is 3.39. The molecule has 1 aliphatic heterocycles. The van der Waals surface area contributed by atoms with E-state index in [4.69, 9.17) is 16.3 Å². The zero-order chi connectivity index (χ0) is 18.1. The second-order valence-electron chi connectivity index (χ2n) is 7.08. The summed E-state index contributed by atoms with van der Waals surface area (Å²) >= 11 is 6.31. The molecule has 2 aliphatic rings. The van der Waals surface area contributed by atoms with Crippen LogP contribution in [-0.2, 0) is 9.59 Å². The highest BCUT2D eigenvalue weighted by atomic mass is 35.5. The molecule has 0 radical (unpaired) electrons. The lowest BCUT2D eigenvalue weighted by atomic mass is 10.1. The van der Waals surface area contributed by atoms with Gasteiger partial charge >= 0.3 is 5.97 Å². The second-order valence-corrected chi connectivity index (χ2v) is 7.48. The van der Waals surface area contributed by atoms with E-state index in [0.29, 0.717) is 23.2 Å². The van der Waals surface area contributed by atoms with Gasteiger partial charge in [0.25, 0.3) is 0 Å². The number of carbonyl (C=O) groups is 2. The third-order valence-electron chi connectivity index (χ3n) is 4.97. The minimum atomic E-state index is -0.411. The van der Waals surface area contributed by atoms with E-state index in [1.807, 2.05) is 36.4 Å². The lowest BCUT2D eigenvalue weighted by molar-refractivity contribution is -0.139. The minimum absolute atomic E-state index is 0.0457. The molecule has 0 spiro atoms. The Balaban J connectivity index is 1.42. The number of benzene rings is 2. The lowest BCUT2D eigenvalue weighted by Gasteiger charge is -2.16. The Labute approximate surface area is 157 Å². The highest BCUT2D eigenvalue weighted by Crippen LogP contribution is 2.34. The standard InChI is InChI=1S/C21H20ClNO3/c22-18-10-16(15-4-2-1-3-5-15)8-9-19(18)26-21(25)17-11-20(24)23(13-17)12-14-6-7-14/h1-5,8-10,14,17H,6-7,11-13H2. The molecule has 0 N–H and O–H groups in total. The van der Waals surface area contributed by atoms with E-state index in [9.17, 15) is 9.59 Å². The highest BCUT2D eigenvalue weighted by molar-refractivity contribution is 6.32. The Hall–Kier alpha value is -2.33. The SMILES string of the molecule is O=C(Oc1ccc(-c2ccccc2)cc1Cl)C1CC(=O)N(CC2CC2)C1. The molecule has 2 aromatic carbocycles. The van der Waals surface area contributed by atoms with E-state index < -0.39 is 5.92 Å². The van der Waals surface area contributed by atoms with Gasteiger partial charge in [0, 0.05) is 19.5 Å². The van der Waals surface area contributed by atoms with E-state index in [1.54, 1.807) is 17.0 Å². The minimum Gasteiger partial charge on any atom is -0.425 e. The van der Waals surface area contributed by atoms with Crippen molar-refractivity contribution in [2.75, 3.05) is 13.1 Å². The maximum atomic E-state index is 12.5. The van der Waals surface area contributed by atoms with E-state index in [2.05, 4.69) is 0 Å². The van der Waals surface area contributed by atoms with Crippen LogP contribution in [0.3, 0.4) is 0 Å². The van der Waals surface area contributed by atoms with Crippen LogP contribution in [-0.4, -0.2) is 29.9 Å². The first-order valence-corrected chi connectivity index (χ1v) is 9.32. The molecule has 0 bridgehead atoms. The Bertz CT molecular complexity index is 832. The number of rotatable bonds is 5. The van der Waals surface area contributed by atoms with Gasteiger partial charge in [0.1, 0.15) is 5.75 Å². The predicted molar refractivity (Wildman–Crippen MR) is 99.9 cm³/mol. The number of carbonyl (C=O) groups excluding carboxylic acids is 2. The Morgan fingerprint density at radius 1 is 1.12 bits per heavy atom. The molecule has 1 aliphatic carbocycles. The van der Waals surface area contributed by atoms with Crippen molar-refractivity contribution in [2.24, 2.45) is 11.8 Å². The molecule has 0 aromatic heterocycles. The molecule has 1 saturated carbocycles. The smallest absolute Gasteiger partial charge is 0.316 e. The summed E-state index contributed by atoms with van der Waals surface area (Å²) in [6.07, 6.45) is 2.59. The fraction of sp³-hybridized carbons (Fsp3) is 0.333. The van der Waals surface area contributed by atoms with Gasteiger partial charge in [0.05, 0.1) is 10.9 Å². The maximum Gasteiger partial charge on any atom is 0.316 e. The average molecular weight is 370 g/mol. The van der Waals surface area contributed by atoms with Gasteiger partial charge in [-0.05, 0) is 42.0 Å². The van der Waals surface area contributed by atoms with E-state index in [0.717, 1.165) is 17.7 Å². The van der Waals surface area contributed by atoms with Gasteiger partial charge in [0.15, 0.2) is 0 Å². The third kappa shape index (κ3) is 3.75. The van der Waals surface area contributed by atoms with Crippen LogP contribution in [0.25, 0.3) is 11.1 Å². The van der Waals surface area contributed by atoms with Crippen LogP contribution in [0.15, 0.2) is 48.5 Å². The molecule has 1 saturated heterocycles. The fourth-order valence-electron chi connectivity index (χ4n) is 3.30. The molecule has 1 amide bonds. The van der Waals surface area contributed by atoms with Crippen molar-refractivity contribution in [3.63, 3.8) is 0 Å². The summed E-state index contributed by atoms with van der Waals surface area (Å²) < 4.78 is 5.49. The molecule has 1 unspecified atom stereocenters. The molecule has 134 valence electrons. The molecule has 2 fully saturated rings. The van der Waals surface area contributed by atoms with E-state index in [1.165, 1.54) is 12.8 Å². The number of halogens is 1. The van der Waals surface area contributed by atoms with Crippen LogP contribution in [0.1, 0.15) is 19.3 Å². The van der Waals surface area contributed by atoms with Crippen molar-refractivity contribution in [3.8, 4) is 16.9 Å². The van der Waals surface area contributed by atoms with Crippen molar-refractivity contribution < 1.29 is 14.3 Å². The number of esters is 1. The molecule has 4 rings (SSSR count). The topological polar surface area (TPSA) is 46.6 Å². The molecule has 26 heavy (non-hydrogen) atoms. The van der Waals surface area contributed by atoms with Crippen molar-refractivity contribution in [2.45, 2.75) is 19.3 Å². The first-order chi connectivity index (χ1) is 12.6. The summed E-state index contributed by atoms with van der Waals surface area (Å²) in [4.78, 5) is 26.3. The van der Waals surface area contributed by atoms with Gasteiger partial charge in [-0.25, -0.2) is 0 Å². The van der Waals surface area contributed by atoms with Gasteiger partial charge in [-0.1, -0.05) is 48.0 Å². The molecule has 1 heterocycles. The van der Waals surface area contributed by atoms with E-state index >= 15 is 0 Å². The summed E-state index contributed by atoms with van der Waals surface area (Å²) in [5, 5.41) is 0.388. The normalized spacial score (nSPS) is 19.7. The third-order valence-corrected chi connectivity index (χ3v) is 5.27. The van der Waals surface area contributed by atoms with Gasteiger partial charge in [-0.15, -0.1) is 0 Å². The number of likely N-dealkylation sites (tertiary alicyclic amines) is 1. The van der Waals surface area contributed by atoms with Crippen LogP contribution < -0.4 is 4.74 Å². The molecule has 5 heteroatoms. The maximum absolute atomic E-state index is 12.5. The summed E-state index contributed by atoms with van der Waals surface area (Å²) in [6, 6.07) is 15.2. The molecule has 4 nitrogen and oxygen atoms in total. The largest absolute Gasteiger partial charge is 0.425 e. The molecular weight excluding hydrogens is 350 g/mol. The molecule has 1 atom stereocenters. The van der Waals surface area contributed by atoms with Crippen LogP contribution in [0.2, 0.25) is 5.02 Å². The number of hydrogen-bond acceptors (Lipinski definition) is 3. The Morgan fingerprint density at radius 3 is 2.58 bits per heavy atom. The number of nitrogens with zero attached hydrogens (tertiary/aromatic N) is 1. The van der Waals surface area contributed by atoms with Gasteiger partial charge < -0.3 is 9.64 Å². The van der Waals surface area contributed by atoms with Crippen molar-refractivity contribution in [1.29, 1.82) is 0 Å². The van der Waals surface area contributed by atoms with Crippen LogP contribution in [0.5, 0.6) is 5.75 Å². The zero-order valence-corrected chi connectivity index (χ0v) is 15.1. The summed E-state index contributed by atoms with van der Waals surface area (Å²) in [7, 11) is 0. The van der Waals surface area contributed by atoms with Crippen molar-refractivity contribution >= 4 is 23.5 Å². The molecule has 2 aromatic rings. The van der Waals surface area contributed by atoms with Gasteiger partial charge in [0.2, 0.25) is 5.91 Å². The molecular formula is C21H20ClNO3. The predicted octanol–water partition coefficient (Wildman–Crippen LogP) is 4.17. The monoisotopic (exact) mass is 369 g/mol. The summed E-state index contributed by atoms with van der Waals surface area (Å²) in [6.45, 7) is 1.23. The summed E-state index contributed by atoms with van der Waals surface area (Å²) in [5.41, 5.74) is 2.01.